The molecule has 1 saturated heterocycles. The van der Waals surface area contributed by atoms with Crippen molar-refractivity contribution in [3.05, 3.63) is 35.4 Å². The minimum absolute atomic E-state index is 0.0285. The molecule has 0 bridgehead atoms. The maximum atomic E-state index is 13.4. The Morgan fingerprint density at radius 2 is 2.00 bits per heavy atom. The fourth-order valence-electron chi connectivity index (χ4n) is 3.63. The number of likely N-dealkylation sites (N-methyl/N-ethyl adjacent to an activating group) is 1. The first-order valence-electron chi connectivity index (χ1n) is 9.63. The van der Waals surface area contributed by atoms with Crippen LogP contribution in [0, 0.1) is 12.8 Å². The monoisotopic (exact) mass is 358 g/mol. The second-order valence-corrected chi connectivity index (χ2v) is 7.98. The van der Waals surface area contributed by atoms with E-state index in [-0.39, 0.29) is 24.5 Å². The fraction of sp³-hybridized carbons (Fsp3) is 0.619. The second-order valence-electron chi connectivity index (χ2n) is 7.98. The molecule has 5 heteroatoms. The van der Waals surface area contributed by atoms with E-state index in [2.05, 4.69) is 13.8 Å². The van der Waals surface area contributed by atoms with E-state index in [1.807, 2.05) is 36.1 Å². The van der Waals surface area contributed by atoms with Gasteiger partial charge in [0.15, 0.2) is 6.10 Å². The Kier molecular flexibility index (Phi) is 5.66. The number of carbonyl (C=O) groups is 2. The lowest BCUT2D eigenvalue weighted by molar-refractivity contribution is -0.167. The molecule has 2 fully saturated rings. The molecule has 5 nitrogen and oxygen atoms in total. The van der Waals surface area contributed by atoms with E-state index in [9.17, 15) is 9.59 Å². The van der Waals surface area contributed by atoms with Crippen LogP contribution in [0.25, 0.3) is 0 Å². The van der Waals surface area contributed by atoms with Crippen LogP contribution in [0.1, 0.15) is 50.3 Å². The molecule has 1 aliphatic heterocycles. The van der Waals surface area contributed by atoms with Crippen LogP contribution >= 0.6 is 0 Å². The van der Waals surface area contributed by atoms with Gasteiger partial charge in [0.05, 0.1) is 6.04 Å². The molecule has 2 atom stereocenters. The van der Waals surface area contributed by atoms with Gasteiger partial charge in [0.1, 0.15) is 6.61 Å². The van der Waals surface area contributed by atoms with Gasteiger partial charge in [-0.15, -0.1) is 0 Å². The van der Waals surface area contributed by atoms with Gasteiger partial charge in [-0.05, 0) is 43.2 Å². The van der Waals surface area contributed by atoms with Crippen molar-refractivity contribution in [2.45, 2.75) is 58.2 Å². The molecular weight excluding hydrogens is 328 g/mol. The lowest BCUT2D eigenvalue weighted by atomic mass is 9.93. The summed E-state index contributed by atoms with van der Waals surface area (Å²) in [6.45, 7) is 7.10. The molecule has 1 aromatic carbocycles. The van der Waals surface area contributed by atoms with Gasteiger partial charge in [-0.3, -0.25) is 9.59 Å². The molecule has 0 spiro atoms. The molecule has 2 aliphatic rings. The third-order valence-electron chi connectivity index (χ3n) is 5.45. The zero-order valence-electron chi connectivity index (χ0n) is 16.3. The zero-order chi connectivity index (χ0) is 18.8. The summed E-state index contributed by atoms with van der Waals surface area (Å²) in [7, 11) is 1.78. The summed E-state index contributed by atoms with van der Waals surface area (Å²) in [5.41, 5.74) is 2.06. The smallest absolute Gasteiger partial charge is 0.254 e. The van der Waals surface area contributed by atoms with E-state index < -0.39 is 6.10 Å². The van der Waals surface area contributed by atoms with E-state index in [0.29, 0.717) is 12.0 Å². The van der Waals surface area contributed by atoms with Crippen LogP contribution in [0.4, 0.5) is 0 Å². The molecule has 1 saturated carbocycles. The second kappa shape index (κ2) is 7.78. The summed E-state index contributed by atoms with van der Waals surface area (Å²) in [5, 5.41) is 0. The highest BCUT2D eigenvalue weighted by Gasteiger charge is 2.45. The number of ether oxygens (including phenoxy) is 1. The number of rotatable bonds is 6. The number of benzene rings is 1. The number of morpholine rings is 1. The Balaban J connectivity index is 1.88. The Labute approximate surface area is 156 Å². The first-order chi connectivity index (χ1) is 12.4. The van der Waals surface area contributed by atoms with Crippen molar-refractivity contribution in [3.63, 3.8) is 0 Å². The van der Waals surface area contributed by atoms with Gasteiger partial charge in [0.2, 0.25) is 5.91 Å². The van der Waals surface area contributed by atoms with Gasteiger partial charge >= 0.3 is 0 Å². The van der Waals surface area contributed by atoms with Gasteiger partial charge in [-0.2, -0.15) is 0 Å². The van der Waals surface area contributed by atoms with Gasteiger partial charge in [-0.1, -0.05) is 38.1 Å². The Morgan fingerprint density at radius 3 is 2.62 bits per heavy atom. The molecule has 2 amide bonds. The predicted molar refractivity (Wildman–Crippen MR) is 101 cm³/mol. The topological polar surface area (TPSA) is 49.9 Å². The van der Waals surface area contributed by atoms with Crippen molar-refractivity contribution < 1.29 is 14.3 Å². The highest BCUT2D eigenvalue weighted by molar-refractivity contribution is 5.86. The summed E-state index contributed by atoms with van der Waals surface area (Å²) in [6, 6.07) is 7.90. The highest BCUT2D eigenvalue weighted by Crippen LogP contribution is 2.35. The van der Waals surface area contributed by atoms with Gasteiger partial charge < -0.3 is 14.5 Å². The number of nitrogens with zero attached hydrogens (tertiary/aromatic N) is 2. The predicted octanol–water partition coefficient (Wildman–Crippen LogP) is 2.93. The van der Waals surface area contributed by atoms with E-state index in [1.54, 1.807) is 11.9 Å². The first-order valence-corrected chi connectivity index (χ1v) is 9.63. The lowest BCUT2D eigenvalue weighted by Gasteiger charge is -2.41. The van der Waals surface area contributed by atoms with Gasteiger partial charge in [0, 0.05) is 19.6 Å². The number of carbonyl (C=O) groups excluding carboxylic acids is 2. The quantitative estimate of drug-likeness (QED) is 0.786. The number of amides is 2. The van der Waals surface area contributed by atoms with E-state index in [4.69, 9.17) is 4.74 Å². The lowest BCUT2D eigenvalue weighted by Crippen LogP contribution is -2.54. The van der Waals surface area contributed by atoms with Crippen LogP contribution in [-0.4, -0.2) is 54.0 Å². The Bertz CT molecular complexity index is 669. The molecule has 0 aromatic heterocycles. The van der Waals surface area contributed by atoms with Crippen molar-refractivity contribution in [2.24, 2.45) is 5.92 Å². The summed E-state index contributed by atoms with van der Waals surface area (Å²) in [4.78, 5) is 29.3. The minimum Gasteiger partial charge on any atom is -0.356 e. The van der Waals surface area contributed by atoms with Crippen molar-refractivity contribution in [2.75, 3.05) is 20.2 Å². The summed E-state index contributed by atoms with van der Waals surface area (Å²) >= 11 is 0. The molecule has 0 radical (unpaired) electrons. The van der Waals surface area contributed by atoms with Crippen LogP contribution in [-0.2, 0) is 14.3 Å². The number of hydrogen-bond donors (Lipinski definition) is 0. The maximum absolute atomic E-state index is 13.4. The maximum Gasteiger partial charge on any atom is 0.254 e. The third-order valence-corrected chi connectivity index (χ3v) is 5.45. The molecule has 1 aromatic rings. The van der Waals surface area contributed by atoms with Crippen molar-refractivity contribution in [3.8, 4) is 0 Å². The minimum atomic E-state index is -0.633. The van der Waals surface area contributed by atoms with Crippen LogP contribution in [0.5, 0.6) is 0 Å². The fourth-order valence-corrected chi connectivity index (χ4v) is 3.63. The first kappa shape index (κ1) is 18.9. The van der Waals surface area contributed by atoms with E-state index in [0.717, 1.165) is 36.9 Å². The van der Waals surface area contributed by atoms with E-state index >= 15 is 0 Å². The largest absolute Gasteiger partial charge is 0.356 e. The molecule has 0 N–H and O–H groups in total. The summed E-state index contributed by atoms with van der Waals surface area (Å²) in [5.74, 6) is 0.496. The zero-order valence-corrected chi connectivity index (χ0v) is 16.3. The Hall–Kier alpha value is -1.88. The molecular formula is C21H30N2O3. The standard InChI is InChI=1S/C21H30N2O3/c1-14(2)11-12-23(16-9-10-16)21(25)20-19(22(4)18(24)13-26-20)17-8-6-5-7-15(17)3/h5-8,14,16,19-20H,9-13H2,1-4H3/t19-,20+/m1/s1. The van der Waals surface area contributed by atoms with Crippen LogP contribution in [0.3, 0.4) is 0 Å². The highest BCUT2D eigenvalue weighted by atomic mass is 16.5. The number of aryl methyl sites for hydroxylation is 1. The molecule has 1 aliphatic carbocycles. The molecule has 142 valence electrons. The average Bonchev–Trinajstić information content (AvgIpc) is 3.43. The molecule has 26 heavy (non-hydrogen) atoms. The average molecular weight is 358 g/mol. The molecule has 3 rings (SSSR count). The summed E-state index contributed by atoms with van der Waals surface area (Å²) in [6.07, 6.45) is 2.49. The molecule has 1 heterocycles. The van der Waals surface area contributed by atoms with Crippen LogP contribution < -0.4 is 0 Å². The van der Waals surface area contributed by atoms with Crippen molar-refractivity contribution >= 4 is 11.8 Å². The van der Waals surface area contributed by atoms with Crippen LogP contribution in [0.2, 0.25) is 0 Å². The van der Waals surface area contributed by atoms with Crippen molar-refractivity contribution in [1.82, 2.24) is 9.80 Å². The molecule has 0 unspecified atom stereocenters. The van der Waals surface area contributed by atoms with Crippen molar-refractivity contribution in [1.29, 1.82) is 0 Å². The normalized spacial score (nSPS) is 23.4. The third kappa shape index (κ3) is 3.93. The number of hydrogen-bond acceptors (Lipinski definition) is 3. The van der Waals surface area contributed by atoms with Crippen LogP contribution in [0.15, 0.2) is 24.3 Å². The Morgan fingerprint density at radius 1 is 1.31 bits per heavy atom. The van der Waals surface area contributed by atoms with Gasteiger partial charge in [0.25, 0.3) is 5.91 Å². The van der Waals surface area contributed by atoms with Gasteiger partial charge in [-0.25, -0.2) is 0 Å². The van der Waals surface area contributed by atoms with E-state index in [1.165, 1.54) is 0 Å². The SMILES string of the molecule is Cc1ccccc1[C@@H]1[C@@H](C(=O)N(CCC(C)C)C2CC2)OCC(=O)N1C. The summed E-state index contributed by atoms with van der Waals surface area (Å²) < 4.78 is 5.83.